The minimum atomic E-state index is -3.54. The van der Waals surface area contributed by atoms with Gasteiger partial charge in [-0.05, 0) is 35.0 Å². The van der Waals surface area contributed by atoms with Crippen LogP contribution in [0.2, 0.25) is 0 Å². The van der Waals surface area contributed by atoms with Crippen LogP contribution >= 0.6 is 0 Å². The van der Waals surface area contributed by atoms with Gasteiger partial charge in [0, 0.05) is 0 Å². The van der Waals surface area contributed by atoms with Gasteiger partial charge in [-0.2, -0.15) is 0 Å². The molecule has 0 aromatic heterocycles. The second kappa shape index (κ2) is 8.23. The lowest BCUT2D eigenvalue weighted by atomic mass is 10.1. The molecule has 1 heterocycles. The van der Waals surface area contributed by atoms with E-state index in [-0.39, 0.29) is 25.6 Å². The molecule has 156 valence electrons. The zero-order chi connectivity index (χ0) is 21.1. The SMILES string of the molecule is CS(=O)(=O)N1CC(C(=O)NCCOc2ccc3ccccc3c2)Oc2ccccc21. The van der Waals surface area contributed by atoms with E-state index in [0.717, 1.165) is 17.0 Å². The van der Waals surface area contributed by atoms with E-state index in [0.29, 0.717) is 17.2 Å². The van der Waals surface area contributed by atoms with E-state index in [1.54, 1.807) is 24.3 Å². The standard InChI is InChI=1S/C22H22N2O5S/c1-30(26,27)24-15-21(29-20-9-5-4-8-19(20)24)22(25)23-12-13-28-18-11-10-16-6-2-3-7-17(16)14-18/h2-11,14,21H,12-13,15H2,1H3,(H,23,25). The van der Waals surface area contributed by atoms with Crippen molar-refractivity contribution < 1.29 is 22.7 Å². The monoisotopic (exact) mass is 426 g/mol. The van der Waals surface area contributed by atoms with E-state index in [2.05, 4.69) is 5.32 Å². The van der Waals surface area contributed by atoms with Crippen molar-refractivity contribution in [3.8, 4) is 11.5 Å². The smallest absolute Gasteiger partial charge is 0.263 e. The number of ether oxygens (including phenoxy) is 2. The van der Waals surface area contributed by atoms with Gasteiger partial charge in [-0.3, -0.25) is 9.10 Å². The maximum Gasteiger partial charge on any atom is 0.263 e. The molecular weight excluding hydrogens is 404 g/mol. The Balaban J connectivity index is 1.35. The van der Waals surface area contributed by atoms with Gasteiger partial charge in [0.25, 0.3) is 5.91 Å². The summed E-state index contributed by atoms with van der Waals surface area (Å²) in [5, 5.41) is 4.96. The van der Waals surface area contributed by atoms with Gasteiger partial charge in [-0.25, -0.2) is 8.42 Å². The van der Waals surface area contributed by atoms with Gasteiger partial charge < -0.3 is 14.8 Å². The summed E-state index contributed by atoms with van der Waals surface area (Å²) in [5.41, 5.74) is 0.434. The summed E-state index contributed by atoms with van der Waals surface area (Å²) in [6, 6.07) is 20.6. The highest BCUT2D eigenvalue weighted by Crippen LogP contribution is 2.34. The molecule has 3 aromatic rings. The summed E-state index contributed by atoms with van der Waals surface area (Å²) in [5.74, 6) is 0.691. The molecule has 0 saturated heterocycles. The van der Waals surface area contributed by atoms with Crippen LogP contribution in [0.15, 0.2) is 66.7 Å². The first-order valence-electron chi connectivity index (χ1n) is 9.54. The first-order valence-corrected chi connectivity index (χ1v) is 11.4. The number of para-hydroxylation sites is 2. The van der Waals surface area contributed by atoms with Crippen LogP contribution in [0.5, 0.6) is 11.5 Å². The van der Waals surface area contributed by atoms with Crippen LogP contribution in [0, 0.1) is 0 Å². The third kappa shape index (κ3) is 4.33. The Morgan fingerprint density at radius 3 is 2.63 bits per heavy atom. The summed E-state index contributed by atoms with van der Waals surface area (Å²) < 4.78 is 36.9. The quantitative estimate of drug-likeness (QED) is 0.613. The molecule has 1 atom stereocenters. The molecule has 4 rings (SSSR count). The average Bonchev–Trinajstić information content (AvgIpc) is 2.75. The second-order valence-electron chi connectivity index (χ2n) is 7.02. The molecule has 1 N–H and O–H groups in total. The third-order valence-electron chi connectivity index (χ3n) is 4.82. The molecule has 1 aliphatic heterocycles. The fraction of sp³-hybridized carbons (Fsp3) is 0.227. The van der Waals surface area contributed by atoms with Crippen molar-refractivity contribution in [1.29, 1.82) is 0 Å². The number of carbonyl (C=O) groups excluding carboxylic acids is 1. The predicted octanol–water partition coefficient (Wildman–Crippen LogP) is 2.56. The van der Waals surface area contributed by atoms with Gasteiger partial charge in [0.05, 0.1) is 25.0 Å². The minimum Gasteiger partial charge on any atom is -0.492 e. The normalized spacial score (nSPS) is 15.9. The molecule has 0 fully saturated rings. The molecule has 7 nitrogen and oxygen atoms in total. The number of rotatable bonds is 6. The molecule has 8 heteroatoms. The Hall–Kier alpha value is -3.26. The summed E-state index contributed by atoms with van der Waals surface area (Å²) in [4.78, 5) is 12.6. The van der Waals surface area contributed by atoms with E-state index >= 15 is 0 Å². The highest BCUT2D eigenvalue weighted by molar-refractivity contribution is 7.92. The van der Waals surface area contributed by atoms with Gasteiger partial charge in [0.2, 0.25) is 10.0 Å². The number of fused-ring (bicyclic) bond motifs is 2. The van der Waals surface area contributed by atoms with Crippen LogP contribution in [0.1, 0.15) is 0 Å². The number of nitrogens with zero attached hydrogens (tertiary/aromatic N) is 1. The molecule has 0 radical (unpaired) electrons. The zero-order valence-corrected chi connectivity index (χ0v) is 17.3. The van der Waals surface area contributed by atoms with Crippen molar-refractivity contribution >= 4 is 32.4 Å². The number of hydrogen-bond donors (Lipinski definition) is 1. The van der Waals surface area contributed by atoms with Gasteiger partial charge in [-0.15, -0.1) is 0 Å². The summed E-state index contributed by atoms with van der Waals surface area (Å²) in [6.07, 6.45) is 0.178. The van der Waals surface area contributed by atoms with E-state index in [1.807, 2.05) is 42.5 Å². The fourth-order valence-electron chi connectivity index (χ4n) is 3.37. The second-order valence-corrected chi connectivity index (χ2v) is 8.92. The average molecular weight is 426 g/mol. The summed E-state index contributed by atoms with van der Waals surface area (Å²) >= 11 is 0. The van der Waals surface area contributed by atoms with Gasteiger partial charge in [-0.1, -0.05) is 42.5 Å². The Labute approximate surface area is 175 Å². The van der Waals surface area contributed by atoms with Crippen LogP contribution in [0.3, 0.4) is 0 Å². The fourth-order valence-corrected chi connectivity index (χ4v) is 4.28. The molecule has 0 spiro atoms. The van der Waals surface area contributed by atoms with E-state index in [1.165, 1.54) is 4.31 Å². The lowest BCUT2D eigenvalue weighted by Crippen LogP contribution is -2.51. The van der Waals surface area contributed by atoms with Crippen LogP contribution in [-0.4, -0.2) is 46.4 Å². The van der Waals surface area contributed by atoms with Crippen LogP contribution in [-0.2, 0) is 14.8 Å². The summed E-state index contributed by atoms with van der Waals surface area (Å²) in [7, 11) is -3.54. The highest BCUT2D eigenvalue weighted by Gasteiger charge is 2.34. The Morgan fingerprint density at radius 1 is 1.10 bits per heavy atom. The maximum atomic E-state index is 12.6. The van der Waals surface area contributed by atoms with Crippen LogP contribution in [0.4, 0.5) is 5.69 Å². The van der Waals surface area contributed by atoms with Crippen molar-refractivity contribution in [2.24, 2.45) is 0 Å². The van der Waals surface area contributed by atoms with E-state index in [9.17, 15) is 13.2 Å². The molecule has 0 bridgehead atoms. The first kappa shape index (κ1) is 20.0. The number of benzene rings is 3. The first-order chi connectivity index (χ1) is 14.4. The number of carbonyl (C=O) groups is 1. The van der Waals surface area contributed by atoms with Crippen molar-refractivity contribution in [2.45, 2.75) is 6.10 Å². The van der Waals surface area contributed by atoms with E-state index < -0.39 is 16.1 Å². The van der Waals surface area contributed by atoms with Crippen molar-refractivity contribution in [3.05, 3.63) is 66.7 Å². The van der Waals surface area contributed by atoms with E-state index in [4.69, 9.17) is 9.47 Å². The third-order valence-corrected chi connectivity index (χ3v) is 5.96. The number of nitrogens with one attached hydrogen (secondary N) is 1. The maximum absolute atomic E-state index is 12.6. The zero-order valence-electron chi connectivity index (χ0n) is 16.4. The summed E-state index contributed by atoms with van der Waals surface area (Å²) in [6.45, 7) is 0.475. The van der Waals surface area contributed by atoms with Crippen molar-refractivity contribution in [3.63, 3.8) is 0 Å². The Kier molecular flexibility index (Phi) is 5.50. The highest BCUT2D eigenvalue weighted by atomic mass is 32.2. The molecule has 1 unspecified atom stereocenters. The molecule has 1 aliphatic rings. The molecule has 30 heavy (non-hydrogen) atoms. The molecule has 0 saturated carbocycles. The lowest BCUT2D eigenvalue weighted by molar-refractivity contribution is -0.127. The molecule has 0 aliphatic carbocycles. The van der Waals surface area contributed by atoms with Gasteiger partial charge >= 0.3 is 0 Å². The number of sulfonamides is 1. The van der Waals surface area contributed by atoms with Gasteiger partial charge in [0.15, 0.2) is 6.10 Å². The molecular formula is C22H22N2O5S. The number of hydrogen-bond acceptors (Lipinski definition) is 5. The number of anilines is 1. The molecule has 1 amide bonds. The Morgan fingerprint density at radius 2 is 1.83 bits per heavy atom. The topological polar surface area (TPSA) is 84.9 Å². The van der Waals surface area contributed by atoms with Crippen LogP contribution < -0.4 is 19.1 Å². The van der Waals surface area contributed by atoms with Crippen molar-refractivity contribution in [2.75, 3.05) is 30.3 Å². The predicted molar refractivity (Wildman–Crippen MR) is 116 cm³/mol. The minimum absolute atomic E-state index is 0.0762. The number of amides is 1. The van der Waals surface area contributed by atoms with Gasteiger partial charge in [0.1, 0.15) is 18.1 Å². The lowest BCUT2D eigenvalue weighted by Gasteiger charge is -2.33. The van der Waals surface area contributed by atoms with Crippen molar-refractivity contribution in [1.82, 2.24) is 5.32 Å². The molecule has 3 aromatic carbocycles. The largest absolute Gasteiger partial charge is 0.492 e. The van der Waals surface area contributed by atoms with Crippen LogP contribution in [0.25, 0.3) is 10.8 Å². The Bertz CT molecular complexity index is 1180.